The molecule has 0 aliphatic carbocycles. The summed E-state index contributed by atoms with van der Waals surface area (Å²) in [6, 6.07) is 12.9. The summed E-state index contributed by atoms with van der Waals surface area (Å²) in [6.07, 6.45) is 0. The van der Waals surface area contributed by atoms with E-state index in [9.17, 15) is 8.78 Å². The van der Waals surface area contributed by atoms with Gasteiger partial charge >= 0.3 is 0 Å². The highest BCUT2D eigenvalue weighted by Gasteiger charge is 2.07. The lowest BCUT2D eigenvalue weighted by atomic mass is 10.2. The van der Waals surface area contributed by atoms with E-state index < -0.39 is 11.6 Å². The van der Waals surface area contributed by atoms with Crippen molar-refractivity contribution in [2.24, 2.45) is 0 Å². The van der Waals surface area contributed by atoms with Crippen LogP contribution in [0.1, 0.15) is 11.4 Å². The van der Waals surface area contributed by atoms with Gasteiger partial charge in [-0.2, -0.15) is 0 Å². The van der Waals surface area contributed by atoms with Gasteiger partial charge in [-0.25, -0.2) is 18.7 Å². The van der Waals surface area contributed by atoms with E-state index in [0.29, 0.717) is 17.5 Å². The van der Waals surface area contributed by atoms with Gasteiger partial charge in [-0.15, -0.1) is 0 Å². The Balaban J connectivity index is 1.84. The minimum absolute atomic E-state index is 0.149. The van der Waals surface area contributed by atoms with Crippen LogP contribution in [0.3, 0.4) is 0 Å². The Morgan fingerprint density at radius 2 is 1.46 bits per heavy atom. The van der Waals surface area contributed by atoms with E-state index in [4.69, 9.17) is 0 Å². The first-order valence-corrected chi connectivity index (χ1v) is 7.41. The van der Waals surface area contributed by atoms with E-state index in [1.54, 1.807) is 13.0 Å². The Kier molecular flexibility index (Phi) is 4.37. The molecule has 0 saturated heterocycles. The molecule has 0 atom stereocenters. The van der Waals surface area contributed by atoms with Crippen molar-refractivity contribution in [1.82, 2.24) is 9.97 Å². The van der Waals surface area contributed by atoms with Crippen molar-refractivity contribution < 1.29 is 8.78 Å². The number of halogens is 2. The molecule has 3 aromatic rings. The van der Waals surface area contributed by atoms with Crippen LogP contribution in [0.4, 0.5) is 31.8 Å². The van der Waals surface area contributed by atoms with Crippen molar-refractivity contribution in [3.63, 3.8) is 0 Å². The van der Waals surface area contributed by atoms with Crippen LogP contribution >= 0.6 is 0 Å². The molecule has 24 heavy (non-hydrogen) atoms. The number of nitrogens with one attached hydrogen (secondary N) is 2. The fourth-order valence-corrected chi connectivity index (χ4v) is 2.21. The lowest BCUT2D eigenvalue weighted by Gasteiger charge is -2.11. The number of aromatic nitrogens is 2. The highest BCUT2D eigenvalue weighted by molar-refractivity contribution is 5.63. The normalized spacial score (nSPS) is 10.5. The number of benzene rings is 2. The third kappa shape index (κ3) is 3.84. The molecule has 0 fully saturated rings. The maximum atomic E-state index is 13.8. The molecule has 2 aromatic carbocycles. The second-order valence-corrected chi connectivity index (χ2v) is 5.43. The molecule has 0 amide bonds. The highest BCUT2D eigenvalue weighted by atomic mass is 19.1. The van der Waals surface area contributed by atoms with Gasteiger partial charge in [0.25, 0.3) is 0 Å². The first-order chi connectivity index (χ1) is 11.5. The summed E-state index contributed by atoms with van der Waals surface area (Å²) in [6.45, 7) is 3.75. The average molecular weight is 326 g/mol. The van der Waals surface area contributed by atoms with Crippen LogP contribution in [0.15, 0.2) is 48.5 Å². The summed E-state index contributed by atoms with van der Waals surface area (Å²) >= 11 is 0. The maximum absolute atomic E-state index is 13.8. The molecule has 0 spiro atoms. The number of hydrogen-bond acceptors (Lipinski definition) is 4. The zero-order chi connectivity index (χ0) is 17.1. The molecule has 3 rings (SSSR count). The topological polar surface area (TPSA) is 49.8 Å². The predicted octanol–water partition coefficient (Wildman–Crippen LogP) is 4.86. The van der Waals surface area contributed by atoms with Crippen LogP contribution in [0.25, 0.3) is 0 Å². The number of aryl methyl sites for hydroxylation is 2. The molecule has 6 heteroatoms. The van der Waals surface area contributed by atoms with Gasteiger partial charge in [0.1, 0.15) is 29.1 Å². The molecular weight excluding hydrogens is 310 g/mol. The van der Waals surface area contributed by atoms with Gasteiger partial charge < -0.3 is 10.6 Å². The average Bonchev–Trinajstić information content (AvgIpc) is 2.52. The smallest absolute Gasteiger partial charge is 0.149 e. The molecule has 4 nitrogen and oxygen atoms in total. The van der Waals surface area contributed by atoms with Crippen molar-refractivity contribution in [2.45, 2.75) is 13.8 Å². The van der Waals surface area contributed by atoms with E-state index in [1.807, 2.05) is 31.2 Å². The molecule has 2 N–H and O–H groups in total. The summed E-state index contributed by atoms with van der Waals surface area (Å²) in [5.41, 5.74) is 2.20. The Morgan fingerprint density at radius 3 is 2.12 bits per heavy atom. The molecule has 0 saturated carbocycles. The molecule has 0 radical (unpaired) electrons. The van der Waals surface area contributed by atoms with E-state index >= 15 is 0 Å². The first kappa shape index (κ1) is 15.9. The summed E-state index contributed by atoms with van der Waals surface area (Å²) in [5.74, 6) is 0.217. The second kappa shape index (κ2) is 6.62. The zero-order valence-electron chi connectivity index (χ0n) is 13.3. The van der Waals surface area contributed by atoms with Crippen LogP contribution in [0.2, 0.25) is 0 Å². The molecular formula is C18H16F2N4. The second-order valence-electron chi connectivity index (χ2n) is 5.43. The van der Waals surface area contributed by atoms with Crippen molar-refractivity contribution in [2.75, 3.05) is 10.6 Å². The van der Waals surface area contributed by atoms with E-state index in [0.717, 1.165) is 17.3 Å². The SMILES string of the molecule is Cc1ccc(Nc2cc(Nc3ccc(F)cc3F)nc(C)n2)cc1. The van der Waals surface area contributed by atoms with Crippen LogP contribution in [-0.2, 0) is 0 Å². The predicted molar refractivity (Wildman–Crippen MR) is 90.9 cm³/mol. The van der Waals surface area contributed by atoms with Crippen molar-refractivity contribution >= 4 is 23.0 Å². The Bertz CT molecular complexity index is 863. The van der Waals surface area contributed by atoms with Gasteiger partial charge in [0, 0.05) is 17.8 Å². The van der Waals surface area contributed by atoms with Crippen molar-refractivity contribution in [3.8, 4) is 0 Å². The van der Waals surface area contributed by atoms with Gasteiger partial charge in [-0.3, -0.25) is 0 Å². The molecule has 1 heterocycles. The van der Waals surface area contributed by atoms with Crippen LogP contribution in [0, 0.1) is 25.5 Å². The largest absolute Gasteiger partial charge is 0.340 e. The minimum atomic E-state index is -0.681. The molecule has 1 aromatic heterocycles. The van der Waals surface area contributed by atoms with Gasteiger partial charge in [-0.1, -0.05) is 17.7 Å². The Labute approximate surface area is 138 Å². The molecule has 0 bridgehead atoms. The molecule has 0 unspecified atom stereocenters. The van der Waals surface area contributed by atoms with E-state index in [-0.39, 0.29) is 5.69 Å². The molecule has 0 aliphatic rings. The minimum Gasteiger partial charge on any atom is -0.340 e. The first-order valence-electron chi connectivity index (χ1n) is 7.41. The summed E-state index contributed by atoms with van der Waals surface area (Å²) in [5, 5.41) is 6.02. The summed E-state index contributed by atoms with van der Waals surface area (Å²) in [4.78, 5) is 8.54. The monoisotopic (exact) mass is 326 g/mol. The summed E-state index contributed by atoms with van der Waals surface area (Å²) < 4.78 is 26.7. The maximum Gasteiger partial charge on any atom is 0.149 e. The highest BCUT2D eigenvalue weighted by Crippen LogP contribution is 2.22. The fourth-order valence-electron chi connectivity index (χ4n) is 2.21. The van der Waals surface area contributed by atoms with Crippen molar-refractivity contribution in [3.05, 3.63) is 71.6 Å². The van der Waals surface area contributed by atoms with E-state index in [2.05, 4.69) is 20.6 Å². The number of rotatable bonds is 4. The fraction of sp³-hybridized carbons (Fsp3) is 0.111. The van der Waals surface area contributed by atoms with Crippen LogP contribution in [0.5, 0.6) is 0 Å². The quantitative estimate of drug-likeness (QED) is 0.719. The standard InChI is InChI=1S/C18H16F2N4/c1-11-3-6-14(7-4-11)23-17-10-18(22-12(2)21-17)24-16-8-5-13(19)9-15(16)20/h3-10H,1-2H3,(H2,21,22,23,24). The third-order valence-corrected chi connectivity index (χ3v) is 3.36. The Hall–Kier alpha value is -3.02. The van der Waals surface area contributed by atoms with Gasteiger partial charge in [-0.05, 0) is 38.1 Å². The number of nitrogens with zero attached hydrogens (tertiary/aromatic N) is 2. The third-order valence-electron chi connectivity index (χ3n) is 3.36. The van der Waals surface area contributed by atoms with E-state index in [1.165, 1.54) is 12.1 Å². The summed E-state index contributed by atoms with van der Waals surface area (Å²) in [7, 11) is 0. The lowest BCUT2D eigenvalue weighted by molar-refractivity contribution is 0.586. The molecule has 0 aliphatic heterocycles. The zero-order valence-corrected chi connectivity index (χ0v) is 13.3. The van der Waals surface area contributed by atoms with Crippen LogP contribution < -0.4 is 10.6 Å². The number of hydrogen-bond donors (Lipinski definition) is 2. The van der Waals surface area contributed by atoms with Gasteiger partial charge in [0.05, 0.1) is 5.69 Å². The Morgan fingerprint density at radius 1 is 0.792 bits per heavy atom. The number of anilines is 4. The van der Waals surface area contributed by atoms with Crippen LogP contribution in [-0.4, -0.2) is 9.97 Å². The van der Waals surface area contributed by atoms with Gasteiger partial charge in [0.15, 0.2) is 0 Å². The molecule has 122 valence electrons. The van der Waals surface area contributed by atoms with Crippen molar-refractivity contribution in [1.29, 1.82) is 0 Å². The van der Waals surface area contributed by atoms with Gasteiger partial charge in [0.2, 0.25) is 0 Å². The lowest BCUT2D eigenvalue weighted by Crippen LogP contribution is -2.02.